The van der Waals surface area contributed by atoms with Gasteiger partial charge in [0.1, 0.15) is 6.10 Å². The van der Waals surface area contributed by atoms with Crippen LogP contribution >= 0.6 is 0 Å². The number of hydrogen-bond acceptors (Lipinski definition) is 4. The van der Waals surface area contributed by atoms with E-state index in [0.29, 0.717) is 24.5 Å². The molecule has 2 N–H and O–H groups in total. The average molecular weight is 415 g/mol. The first-order valence-electron chi connectivity index (χ1n) is 11.0. The number of nitrogens with one attached hydrogen (secondary N) is 2. The summed E-state index contributed by atoms with van der Waals surface area (Å²) in [6, 6.07) is 7.16. The average Bonchev–Trinajstić information content (AvgIpc) is 3.49. The number of nitrogens with zero attached hydrogens (tertiary/aromatic N) is 2. The van der Waals surface area contributed by atoms with E-state index in [9.17, 15) is 14.4 Å². The Balaban J connectivity index is 1.28. The molecule has 3 aliphatic rings. The lowest BCUT2D eigenvalue weighted by atomic mass is 9.97. The van der Waals surface area contributed by atoms with Gasteiger partial charge in [-0.05, 0) is 62.8 Å². The van der Waals surface area contributed by atoms with Gasteiger partial charge in [0.05, 0.1) is 5.92 Å². The van der Waals surface area contributed by atoms with Crippen LogP contribution in [0.1, 0.15) is 38.5 Å². The van der Waals surface area contributed by atoms with Gasteiger partial charge in [-0.15, -0.1) is 0 Å². The van der Waals surface area contributed by atoms with E-state index < -0.39 is 0 Å². The summed E-state index contributed by atoms with van der Waals surface area (Å²) >= 11 is 0. The number of benzene rings is 1. The summed E-state index contributed by atoms with van der Waals surface area (Å²) in [5.41, 5.74) is 1.35. The van der Waals surface area contributed by atoms with Crippen molar-refractivity contribution < 1.29 is 19.1 Å². The third kappa shape index (κ3) is 4.92. The van der Waals surface area contributed by atoms with Gasteiger partial charge in [0.25, 0.3) is 5.91 Å². The first kappa shape index (κ1) is 20.7. The molecule has 8 heteroatoms. The van der Waals surface area contributed by atoms with Crippen LogP contribution in [0.4, 0.5) is 16.2 Å². The van der Waals surface area contributed by atoms with Crippen molar-refractivity contribution in [2.45, 2.75) is 44.6 Å². The Kier molecular flexibility index (Phi) is 6.52. The normalized spacial score (nSPS) is 24.0. The molecule has 8 nitrogen and oxygen atoms in total. The summed E-state index contributed by atoms with van der Waals surface area (Å²) in [6.45, 7) is 3.46. The molecule has 1 aromatic rings. The van der Waals surface area contributed by atoms with E-state index in [1.54, 1.807) is 24.3 Å². The minimum absolute atomic E-state index is 0.0648. The van der Waals surface area contributed by atoms with Crippen molar-refractivity contribution in [1.82, 2.24) is 9.80 Å². The van der Waals surface area contributed by atoms with Gasteiger partial charge in [-0.2, -0.15) is 0 Å². The molecule has 0 saturated carbocycles. The minimum atomic E-state index is -0.373. The number of amides is 4. The summed E-state index contributed by atoms with van der Waals surface area (Å²) in [5.74, 6) is -0.400. The lowest BCUT2D eigenvalue weighted by Crippen LogP contribution is -2.48. The number of anilines is 2. The molecule has 4 rings (SSSR count). The van der Waals surface area contributed by atoms with Gasteiger partial charge in [0, 0.05) is 44.2 Å². The van der Waals surface area contributed by atoms with Crippen LogP contribution in [0.3, 0.4) is 0 Å². The van der Waals surface area contributed by atoms with E-state index in [-0.39, 0.29) is 29.9 Å². The first-order chi connectivity index (χ1) is 14.6. The monoisotopic (exact) mass is 414 g/mol. The zero-order valence-electron chi connectivity index (χ0n) is 17.3. The van der Waals surface area contributed by atoms with E-state index in [2.05, 4.69) is 10.6 Å². The summed E-state index contributed by atoms with van der Waals surface area (Å²) in [5, 5.41) is 5.80. The van der Waals surface area contributed by atoms with Crippen molar-refractivity contribution in [2.24, 2.45) is 5.92 Å². The second-order valence-corrected chi connectivity index (χ2v) is 8.32. The minimum Gasteiger partial charge on any atom is -0.368 e. The lowest BCUT2D eigenvalue weighted by molar-refractivity contribution is -0.124. The van der Waals surface area contributed by atoms with Crippen molar-refractivity contribution in [3.05, 3.63) is 24.3 Å². The highest BCUT2D eigenvalue weighted by Crippen LogP contribution is 2.22. The van der Waals surface area contributed by atoms with E-state index in [1.807, 2.05) is 9.80 Å². The van der Waals surface area contributed by atoms with E-state index in [1.165, 1.54) is 0 Å². The predicted octanol–water partition coefficient (Wildman–Crippen LogP) is 2.67. The summed E-state index contributed by atoms with van der Waals surface area (Å²) < 4.78 is 5.39. The molecule has 3 aliphatic heterocycles. The molecule has 162 valence electrons. The quantitative estimate of drug-likeness (QED) is 0.793. The Hall–Kier alpha value is -2.61. The number of carbonyl (C=O) groups is 3. The van der Waals surface area contributed by atoms with Crippen LogP contribution in [0.15, 0.2) is 24.3 Å². The number of carbonyl (C=O) groups excluding carboxylic acids is 3. The van der Waals surface area contributed by atoms with Crippen molar-refractivity contribution >= 4 is 29.2 Å². The maximum atomic E-state index is 12.7. The number of ether oxygens (including phenoxy) is 1. The van der Waals surface area contributed by atoms with Crippen molar-refractivity contribution in [3.63, 3.8) is 0 Å². The molecular formula is C22H30N4O4. The molecule has 0 unspecified atom stereocenters. The van der Waals surface area contributed by atoms with E-state index in [4.69, 9.17) is 4.74 Å². The van der Waals surface area contributed by atoms with Crippen LogP contribution in [0, 0.1) is 5.92 Å². The van der Waals surface area contributed by atoms with Crippen LogP contribution in [-0.2, 0) is 14.3 Å². The molecule has 0 bridgehead atoms. The second kappa shape index (κ2) is 9.47. The van der Waals surface area contributed by atoms with Gasteiger partial charge in [-0.25, -0.2) is 4.79 Å². The fraction of sp³-hybridized carbons (Fsp3) is 0.591. The zero-order valence-corrected chi connectivity index (χ0v) is 17.3. The maximum Gasteiger partial charge on any atom is 0.320 e. The predicted molar refractivity (Wildman–Crippen MR) is 113 cm³/mol. The Morgan fingerprint density at radius 2 is 1.43 bits per heavy atom. The van der Waals surface area contributed by atoms with Crippen LogP contribution in [0.5, 0.6) is 0 Å². The third-order valence-corrected chi connectivity index (χ3v) is 6.08. The molecule has 3 fully saturated rings. The highest BCUT2D eigenvalue weighted by Gasteiger charge is 2.31. The molecule has 0 aromatic heterocycles. The van der Waals surface area contributed by atoms with Crippen LogP contribution in [0.25, 0.3) is 0 Å². The number of urea groups is 1. The van der Waals surface area contributed by atoms with Gasteiger partial charge in [0.2, 0.25) is 5.91 Å². The number of hydrogen-bond donors (Lipinski definition) is 2. The van der Waals surface area contributed by atoms with Crippen LogP contribution < -0.4 is 10.6 Å². The highest BCUT2D eigenvalue weighted by atomic mass is 16.5. The molecular weight excluding hydrogens is 384 g/mol. The molecule has 1 aromatic carbocycles. The zero-order chi connectivity index (χ0) is 20.9. The fourth-order valence-corrected chi connectivity index (χ4v) is 4.36. The van der Waals surface area contributed by atoms with Gasteiger partial charge in [-0.3, -0.25) is 9.59 Å². The van der Waals surface area contributed by atoms with Crippen molar-refractivity contribution in [3.8, 4) is 0 Å². The molecule has 3 saturated heterocycles. The van der Waals surface area contributed by atoms with Crippen LogP contribution in [-0.4, -0.2) is 66.5 Å². The Labute approximate surface area is 176 Å². The Bertz CT molecular complexity index is 770. The molecule has 3 heterocycles. The van der Waals surface area contributed by atoms with E-state index in [0.717, 1.165) is 58.2 Å². The molecule has 4 amide bonds. The standard InChI is InChI=1S/C22H30N4O4/c27-20(16-5-3-13-26(15-16)22(29)25-11-1-2-12-25)23-17-7-9-18(10-8-17)24-21(28)19-6-4-14-30-19/h7-10,16,19H,1-6,11-15H2,(H,23,27)(H,24,28)/t16-,19-/m0/s1. The molecule has 2 atom stereocenters. The molecule has 0 radical (unpaired) electrons. The summed E-state index contributed by atoms with van der Waals surface area (Å²) in [7, 11) is 0. The highest BCUT2D eigenvalue weighted by molar-refractivity contribution is 5.95. The smallest absolute Gasteiger partial charge is 0.320 e. The van der Waals surface area contributed by atoms with Gasteiger partial charge >= 0.3 is 6.03 Å². The van der Waals surface area contributed by atoms with Crippen LogP contribution in [0.2, 0.25) is 0 Å². The van der Waals surface area contributed by atoms with E-state index >= 15 is 0 Å². The summed E-state index contributed by atoms with van der Waals surface area (Å²) in [6.07, 6.45) is 5.03. The maximum absolute atomic E-state index is 12.7. The topological polar surface area (TPSA) is 91.0 Å². The number of piperidine rings is 1. The van der Waals surface area contributed by atoms with Gasteiger partial charge in [-0.1, -0.05) is 0 Å². The number of likely N-dealkylation sites (tertiary alicyclic amines) is 2. The van der Waals surface area contributed by atoms with Gasteiger partial charge in [0.15, 0.2) is 0 Å². The Morgan fingerprint density at radius 3 is 2.07 bits per heavy atom. The largest absolute Gasteiger partial charge is 0.368 e. The number of rotatable bonds is 4. The first-order valence-corrected chi connectivity index (χ1v) is 11.0. The van der Waals surface area contributed by atoms with Crippen molar-refractivity contribution in [1.29, 1.82) is 0 Å². The van der Waals surface area contributed by atoms with Crippen molar-refractivity contribution in [2.75, 3.05) is 43.4 Å². The van der Waals surface area contributed by atoms with Gasteiger partial charge < -0.3 is 25.2 Å². The third-order valence-electron chi connectivity index (χ3n) is 6.08. The molecule has 0 aliphatic carbocycles. The SMILES string of the molecule is O=C(Nc1ccc(NC(=O)[C@@H]2CCCO2)cc1)[C@H]1CCCN(C(=O)N2CCCC2)C1. The molecule has 30 heavy (non-hydrogen) atoms. The Morgan fingerprint density at radius 1 is 0.800 bits per heavy atom. The lowest BCUT2D eigenvalue weighted by Gasteiger charge is -2.34. The second-order valence-electron chi connectivity index (χ2n) is 8.32. The fourth-order valence-electron chi connectivity index (χ4n) is 4.36. The molecule has 0 spiro atoms. The summed E-state index contributed by atoms with van der Waals surface area (Å²) in [4.78, 5) is 41.2.